The molecular formula is C22H14N2O4. The number of benzene rings is 2. The van der Waals surface area contributed by atoms with E-state index in [9.17, 15) is 19.2 Å². The van der Waals surface area contributed by atoms with Crippen molar-refractivity contribution in [1.29, 1.82) is 0 Å². The molecule has 0 bridgehead atoms. The van der Waals surface area contributed by atoms with E-state index in [0.29, 0.717) is 21.9 Å². The van der Waals surface area contributed by atoms with E-state index < -0.39 is 35.0 Å². The van der Waals surface area contributed by atoms with Crippen LogP contribution in [0, 0.1) is 0 Å². The Morgan fingerprint density at radius 3 is 1.29 bits per heavy atom. The van der Waals surface area contributed by atoms with Crippen molar-refractivity contribution in [3.63, 3.8) is 0 Å². The first-order chi connectivity index (χ1) is 13.6. The number of para-hydroxylation sites is 2. The van der Waals surface area contributed by atoms with Crippen LogP contribution in [0.5, 0.6) is 0 Å². The molecule has 0 radical (unpaired) electrons. The molecule has 0 unspecified atom stereocenters. The summed E-state index contributed by atoms with van der Waals surface area (Å²) >= 11 is 0. The van der Waals surface area contributed by atoms with Crippen molar-refractivity contribution in [1.82, 2.24) is 9.97 Å². The van der Waals surface area contributed by atoms with Crippen molar-refractivity contribution >= 4 is 44.9 Å². The van der Waals surface area contributed by atoms with Crippen molar-refractivity contribution in [2.45, 2.75) is 11.8 Å². The highest BCUT2D eigenvalue weighted by molar-refractivity contribution is 6.64. The van der Waals surface area contributed by atoms with Crippen LogP contribution in [0.3, 0.4) is 0 Å². The van der Waals surface area contributed by atoms with Crippen molar-refractivity contribution in [2.24, 2.45) is 0 Å². The monoisotopic (exact) mass is 370 g/mol. The van der Waals surface area contributed by atoms with E-state index in [4.69, 9.17) is 0 Å². The number of Topliss-reactive ketones (excluding diaryl/α,β-unsaturated/α-hetero) is 4. The van der Waals surface area contributed by atoms with Crippen LogP contribution in [0.2, 0.25) is 0 Å². The van der Waals surface area contributed by atoms with E-state index in [1.807, 2.05) is 12.1 Å². The Kier molecular flexibility index (Phi) is 3.42. The lowest BCUT2D eigenvalue weighted by molar-refractivity contribution is -0.150. The lowest BCUT2D eigenvalue weighted by atomic mass is 9.72. The molecule has 1 aliphatic rings. The summed E-state index contributed by atoms with van der Waals surface area (Å²) in [7, 11) is 0. The first-order valence-corrected chi connectivity index (χ1v) is 8.86. The highest BCUT2D eigenvalue weighted by Crippen LogP contribution is 2.37. The zero-order valence-corrected chi connectivity index (χ0v) is 14.6. The highest BCUT2D eigenvalue weighted by Gasteiger charge is 2.50. The van der Waals surface area contributed by atoms with Gasteiger partial charge in [0.05, 0.1) is 0 Å². The van der Waals surface area contributed by atoms with Crippen molar-refractivity contribution in [3.05, 3.63) is 72.1 Å². The Morgan fingerprint density at radius 1 is 0.536 bits per heavy atom. The quantitative estimate of drug-likeness (QED) is 0.419. The van der Waals surface area contributed by atoms with Crippen molar-refractivity contribution in [2.75, 3.05) is 0 Å². The lowest BCUT2D eigenvalue weighted by Gasteiger charge is -2.23. The summed E-state index contributed by atoms with van der Waals surface area (Å²) in [4.78, 5) is 57.6. The number of aromatic nitrogens is 2. The highest BCUT2D eigenvalue weighted by atomic mass is 16.2. The third-order valence-corrected chi connectivity index (χ3v) is 5.40. The van der Waals surface area contributed by atoms with Gasteiger partial charge in [-0.1, -0.05) is 36.4 Å². The van der Waals surface area contributed by atoms with Crippen LogP contribution in [-0.2, 0) is 19.2 Å². The number of carbonyl (C=O) groups is 4. The van der Waals surface area contributed by atoms with Crippen LogP contribution >= 0.6 is 0 Å². The molecule has 2 aromatic carbocycles. The Hall–Kier alpha value is -3.80. The number of aromatic amines is 2. The first kappa shape index (κ1) is 16.4. The van der Waals surface area contributed by atoms with Crippen LogP contribution in [0.4, 0.5) is 0 Å². The standard InChI is InChI=1S/C22H14N2O4/c25-19-17(13-9-23-15-7-3-1-5-11(13)15)20(26)22(28)18(21(19)27)14-10-24-16-8-4-2-6-12(14)16/h1-10,17-18,23-24H. The summed E-state index contributed by atoms with van der Waals surface area (Å²) in [6.07, 6.45) is 3.05. The summed E-state index contributed by atoms with van der Waals surface area (Å²) < 4.78 is 0. The van der Waals surface area contributed by atoms with Gasteiger partial charge in [-0.3, -0.25) is 19.2 Å². The smallest absolute Gasteiger partial charge is 0.214 e. The van der Waals surface area contributed by atoms with Crippen LogP contribution in [0.25, 0.3) is 21.8 Å². The fourth-order valence-electron chi connectivity index (χ4n) is 4.04. The van der Waals surface area contributed by atoms with Gasteiger partial charge < -0.3 is 9.97 Å². The van der Waals surface area contributed by atoms with Gasteiger partial charge in [0, 0.05) is 34.2 Å². The van der Waals surface area contributed by atoms with Crippen LogP contribution in [0.15, 0.2) is 60.9 Å². The fraction of sp³-hybridized carbons (Fsp3) is 0.0909. The van der Waals surface area contributed by atoms with Crippen LogP contribution in [-0.4, -0.2) is 33.1 Å². The molecule has 1 fully saturated rings. The molecule has 4 aromatic rings. The predicted molar refractivity (Wildman–Crippen MR) is 102 cm³/mol. The zero-order valence-electron chi connectivity index (χ0n) is 14.6. The Balaban J connectivity index is 1.62. The summed E-state index contributed by atoms with van der Waals surface area (Å²) in [5.74, 6) is -6.15. The van der Waals surface area contributed by atoms with Crippen LogP contribution in [0.1, 0.15) is 23.0 Å². The molecule has 136 valence electrons. The van der Waals surface area contributed by atoms with Crippen LogP contribution < -0.4 is 0 Å². The molecule has 2 aromatic heterocycles. The number of nitrogens with one attached hydrogen (secondary N) is 2. The van der Waals surface area contributed by atoms with Crippen molar-refractivity contribution < 1.29 is 19.2 Å². The number of H-pyrrole nitrogens is 2. The number of hydrogen-bond donors (Lipinski definition) is 2. The average molecular weight is 370 g/mol. The third-order valence-electron chi connectivity index (χ3n) is 5.40. The molecule has 0 amide bonds. The van der Waals surface area contributed by atoms with Gasteiger partial charge in [0.1, 0.15) is 11.8 Å². The molecule has 0 saturated heterocycles. The molecular weight excluding hydrogens is 356 g/mol. The molecule has 0 atom stereocenters. The molecule has 28 heavy (non-hydrogen) atoms. The molecule has 1 saturated carbocycles. The molecule has 1 aliphatic carbocycles. The minimum absolute atomic E-state index is 0.365. The zero-order chi connectivity index (χ0) is 19.4. The molecule has 6 nitrogen and oxygen atoms in total. The van der Waals surface area contributed by atoms with E-state index in [-0.39, 0.29) is 0 Å². The first-order valence-electron chi connectivity index (χ1n) is 8.86. The number of carbonyl (C=O) groups excluding carboxylic acids is 4. The number of hydrogen-bond acceptors (Lipinski definition) is 4. The van der Waals surface area contributed by atoms with Gasteiger partial charge in [0.2, 0.25) is 23.1 Å². The van der Waals surface area contributed by atoms with E-state index >= 15 is 0 Å². The van der Waals surface area contributed by atoms with Gasteiger partial charge in [-0.2, -0.15) is 0 Å². The second-order valence-corrected chi connectivity index (χ2v) is 6.90. The molecule has 6 heteroatoms. The predicted octanol–water partition coefficient (Wildman–Crippen LogP) is 2.81. The SMILES string of the molecule is O=C1C(=O)C(c2c[nH]c3ccccc23)C(=O)C(=O)C1c1c[nH]c2ccccc12. The van der Waals surface area contributed by atoms with E-state index in [0.717, 1.165) is 11.0 Å². The van der Waals surface area contributed by atoms with Gasteiger partial charge in [0.25, 0.3) is 0 Å². The maximum Gasteiger partial charge on any atom is 0.214 e. The second-order valence-electron chi connectivity index (χ2n) is 6.90. The molecule has 2 N–H and O–H groups in total. The molecule has 5 rings (SSSR count). The average Bonchev–Trinajstić information content (AvgIpc) is 3.32. The molecule has 2 heterocycles. The summed E-state index contributed by atoms with van der Waals surface area (Å²) in [5.41, 5.74) is 2.20. The summed E-state index contributed by atoms with van der Waals surface area (Å²) in [6, 6.07) is 14.3. The topological polar surface area (TPSA) is 99.9 Å². The van der Waals surface area contributed by atoms with Gasteiger partial charge >= 0.3 is 0 Å². The maximum atomic E-state index is 12.9. The Bertz CT molecular complexity index is 1180. The fourth-order valence-corrected chi connectivity index (χ4v) is 4.04. The largest absolute Gasteiger partial charge is 0.361 e. The Labute approximate surface area is 158 Å². The minimum atomic E-state index is -1.39. The molecule has 0 aliphatic heterocycles. The van der Waals surface area contributed by atoms with Gasteiger partial charge in [-0.15, -0.1) is 0 Å². The van der Waals surface area contributed by atoms with Gasteiger partial charge in [-0.25, -0.2) is 0 Å². The Morgan fingerprint density at radius 2 is 0.893 bits per heavy atom. The van der Waals surface area contributed by atoms with E-state index in [2.05, 4.69) is 9.97 Å². The normalized spacial score (nSPS) is 20.4. The molecule has 0 spiro atoms. The van der Waals surface area contributed by atoms with E-state index in [1.54, 1.807) is 36.4 Å². The summed E-state index contributed by atoms with van der Waals surface area (Å²) in [5, 5.41) is 1.31. The summed E-state index contributed by atoms with van der Waals surface area (Å²) in [6.45, 7) is 0. The maximum absolute atomic E-state index is 12.9. The van der Waals surface area contributed by atoms with Crippen molar-refractivity contribution in [3.8, 4) is 0 Å². The second kappa shape index (κ2) is 5.85. The third kappa shape index (κ3) is 2.15. The van der Waals surface area contributed by atoms with E-state index in [1.165, 1.54) is 12.4 Å². The number of fused-ring (bicyclic) bond motifs is 2. The number of ketones is 4. The number of rotatable bonds is 2. The minimum Gasteiger partial charge on any atom is -0.361 e. The lowest BCUT2D eigenvalue weighted by Crippen LogP contribution is -2.46. The van der Waals surface area contributed by atoms with Gasteiger partial charge in [-0.05, 0) is 23.3 Å². The van der Waals surface area contributed by atoms with Gasteiger partial charge in [0.15, 0.2) is 0 Å².